The molecule has 1 aromatic rings. The first kappa shape index (κ1) is 13.9. The third-order valence-corrected chi connectivity index (χ3v) is 4.77. The van der Waals surface area contributed by atoms with E-state index in [0.717, 1.165) is 30.2 Å². The van der Waals surface area contributed by atoms with E-state index in [1.165, 1.54) is 31.2 Å². The summed E-state index contributed by atoms with van der Waals surface area (Å²) in [7, 11) is 1.91. The Morgan fingerprint density at radius 2 is 2.17 bits per heavy atom. The van der Waals surface area contributed by atoms with E-state index in [9.17, 15) is 0 Å². The number of aromatic nitrogens is 2. The maximum Gasteiger partial charge on any atom is 0.130 e. The normalized spacial score (nSPS) is 25.1. The molecule has 102 valence electrons. The fourth-order valence-corrected chi connectivity index (χ4v) is 3.24. The van der Waals surface area contributed by atoms with Crippen molar-refractivity contribution in [3.8, 4) is 0 Å². The molecule has 1 unspecified atom stereocenters. The molecule has 1 atom stereocenters. The minimum absolute atomic E-state index is 0.216. The van der Waals surface area contributed by atoms with Crippen molar-refractivity contribution >= 4 is 11.6 Å². The van der Waals surface area contributed by atoms with Gasteiger partial charge in [0.15, 0.2) is 0 Å². The van der Waals surface area contributed by atoms with Crippen molar-refractivity contribution in [1.82, 2.24) is 15.1 Å². The summed E-state index contributed by atoms with van der Waals surface area (Å²) in [6.07, 6.45) is 7.35. The molecule has 0 aromatic carbocycles. The molecule has 1 saturated heterocycles. The second-order valence-corrected chi connectivity index (χ2v) is 5.88. The van der Waals surface area contributed by atoms with E-state index in [-0.39, 0.29) is 5.54 Å². The molecule has 18 heavy (non-hydrogen) atoms. The van der Waals surface area contributed by atoms with Crippen LogP contribution in [-0.4, -0.2) is 21.9 Å². The lowest BCUT2D eigenvalue weighted by Gasteiger charge is -2.33. The van der Waals surface area contributed by atoms with E-state index in [4.69, 9.17) is 11.6 Å². The number of halogens is 1. The third kappa shape index (κ3) is 2.72. The molecule has 2 heterocycles. The predicted octanol–water partition coefficient (Wildman–Crippen LogP) is 3.24. The molecule has 1 aliphatic heterocycles. The Morgan fingerprint density at radius 1 is 1.39 bits per heavy atom. The molecule has 1 aliphatic rings. The first-order valence-corrected chi connectivity index (χ1v) is 7.39. The van der Waals surface area contributed by atoms with Crippen LogP contribution in [-0.2, 0) is 13.5 Å². The highest BCUT2D eigenvalue weighted by atomic mass is 35.5. The van der Waals surface area contributed by atoms with Crippen molar-refractivity contribution in [2.24, 2.45) is 7.05 Å². The second-order valence-electron chi connectivity index (χ2n) is 5.53. The van der Waals surface area contributed by atoms with Gasteiger partial charge in [0.05, 0.1) is 5.69 Å². The van der Waals surface area contributed by atoms with Gasteiger partial charge in [0, 0.05) is 18.2 Å². The zero-order valence-corrected chi connectivity index (χ0v) is 12.5. The van der Waals surface area contributed by atoms with Gasteiger partial charge in [0.2, 0.25) is 0 Å². The molecule has 4 heteroatoms. The number of rotatable bonds is 3. The molecule has 0 spiro atoms. The molecule has 1 fully saturated rings. The van der Waals surface area contributed by atoms with Crippen LogP contribution in [0.15, 0.2) is 0 Å². The Morgan fingerprint density at radius 3 is 2.78 bits per heavy atom. The number of hydrogen-bond donors (Lipinski definition) is 1. The largest absolute Gasteiger partial charge is 0.311 e. The van der Waals surface area contributed by atoms with Crippen molar-refractivity contribution < 1.29 is 0 Å². The molecule has 0 radical (unpaired) electrons. The summed E-state index contributed by atoms with van der Waals surface area (Å²) in [4.78, 5) is 0. The number of nitrogens with one attached hydrogen (secondary N) is 1. The molecule has 1 aromatic heterocycles. The highest BCUT2D eigenvalue weighted by Crippen LogP contribution is 2.30. The summed E-state index contributed by atoms with van der Waals surface area (Å²) in [5.41, 5.74) is 2.50. The van der Waals surface area contributed by atoms with Gasteiger partial charge in [0.25, 0.3) is 0 Å². The zero-order chi connectivity index (χ0) is 13.2. The molecule has 3 nitrogen and oxygen atoms in total. The van der Waals surface area contributed by atoms with E-state index in [2.05, 4.69) is 24.3 Å². The monoisotopic (exact) mass is 269 g/mol. The summed E-state index contributed by atoms with van der Waals surface area (Å²) in [5, 5.41) is 8.98. The van der Waals surface area contributed by atoms with Crippen molar-refractivity contribution in [2.75, 3.05) is 6.54 Å². The molecular formula is C14H24ClN3. The van der Waals surface area contributed by atoms with Gasteiger partial charge >= 0.3 is 0 Å². The first-order chi connectivity index (χ1) is 8.58. The van der Waals surface area contributed by atoms with Crippen LogP contribution >= 0.6 is 11.6 Å². The van der Waals surface area contributed by atoms with Gasteiger partial charge in [-0.2, -0.15) is 5.10 Å². The smallest absolute Gasteiger partial charge is 0.130 e. The number of aryl methyl sites for hydroxylation is 2. The Kier molecular flexibility index (Phi) is 4.33. The first-order valence-electron chi connectivity index (χ1n) is 7.01. The van der Waals surface area contributed by atoms with Crippen LogP contribution in [0.2, 0.25) is 5.15 Å². The SMILES string of the molecule is CCC1(Cc2c(C)nn(C)c2Cl)CCCCCN1. The quantitative estimate of drug-likeness (QED) is 0.913. The fraction of sp³-hybridized carbons (Fsp3) is 0.786. The summed E-state index contributed by atoms with van der Waals surface area (Å²) < 4.78 is 1.78. The van der Waals surface area contributed by atoms with Gasteiger partial charge < -0.3 is 5.32 Å². The summed E-state index contributed by atoms with van der Waals surface area (Å²) in [6.45, 7) is 5.46. The summed E-state index contributed by atoms with van der Waals surface area (Å²) in [6, 6.07) is 0. The average molecular weight is 270 g/mol. The predicted molar refractivity (Wildman–Crippen MR) is 76.2 cm³/mol. The lowest BCUT2D eigenvalue weighted by Crippen LogP contribution is -2.46. The highest BCUT2D eigenvalue weighted by Gasteiger charge is 2.31. The summed E-state index contributed by atoms with van der Waals surface area (Å²) in [5.74, 6) is 0. The minimum atomic E-state index is 0.216. The Balaban J connectivity index is 2.23. The van der Waals surface area contributed by atoms with Crippen LogP contribution in [0.4, 0.5) is 0 Å². The van der Waals surface area contributed by atoms with E-state index in [0.29, 0.717) is 0 Å². The molecule has 0 aliphatic carbocycles. The molecule has 0 saturated carbocycles. The van der Waals surface area contributed by atoms with Gasteiger partial charge in [-0.15, -0.1) is 0 Å². The highest BCUT2D eigenvalue weighted by molar-refractivity contribution is 6.30. The van der Waals surface area contributed by atoms with E-state index in [1.807, 2.05) is 7.05 Å². The van der Waals surface area contributed by atoms with Gasteiger partial charge in [-0.3, -0.25) is 4.68 Å². The minimum Gasteiger partial charge on any atom is -0.311 e. The van der Waals surface area contributed by atoms with Crippen molar-refractivity contribution in [3.63, 3.8) is 0 Å². The maximum absolute atomic E-state index is 6.37. The second kappa shape index (κ2) is 5.62. The molecule has 0 bridgehead atoms. The number of nitrogens with zero attached hydrogens (tertiary/aromatic N) is 2. The number of hydrogen-bond acceptors (Lipinski definition) is 2. The third-order valence-electron chi connectivity index (χ3n) is 4.29. The lowest BCUT2D eigenvalue weighted by atomic mass is 9.84. The average Bonchev–Trinajstić information content (AvgIpc) is 2.58. The van der Waals surface area contributed by atoms with Gasteiger partial charge in [-0.25, -0.2) is 0 Å². The van der Waals surface area contributed by atoms with E-state index < -0.39 is 0 Å². The van der Waals surface area contributed by atoms with E-state index >= 15 is 0 Å². The molecule has 2 rings (SSSR count). The van der Waals surface area contributed by atoms with Crippen LogP contribution < -0.4 is 5.32 Å². The van der Waals surface area contributed by atoms with Crippen LogP contribution in [0, 0.1) is 6.92 Å². The molecule has 1 N–H and O–H groups in total. The lowest BCUT2D eigenvalue weighted by molar-refractivity contribution is 0.302. The standard InChI is InChI=1S/C14H24ClN3/c1-4-14(8-6-5-7-9-16-14)10-12-11(2)17-18(3)13(12)15/h16H,4-10H2,1-3H3. The van der Waals surface area contributed by atoms with Crippen molar-refractivity contribution in [3.05, 3.63) is 16.4 Å². The van der Waals surface area contributed by atoms with Crippen LogP contribution in [0.25, 0.3) is 0 Å². The van der Waals surface area contributed by atoms with Crippen molar-refractivity contribution in [2.45, 2.75) is 57.9 Å². The van der Waals surface area contributed by atoms with Gasteiger partial charge in [0.1, 0.15) is 5.15 Å². The topological polar surface area (TPSA) is 29.9 Å². The summed E-state index contributed by atoms with van der Waals surface area (Å²) >= 11 is 6.37. The van der Waals surface area contributed by atoms with E-state index in [1.54, 1.807) is 4.68 Å². The fourth-order valence-electron chi connectivity index (χ4n) is 3.00. The molecule has 0 amide bonds. The Hall–Kier alpha value is -0.540. The van der Waals surface area contributed by atoms with Crippen LogP contribution in [0.3, 0.4) is 0 Å². The van der Waals surface area contributed by atoms with Gasteiger partial charge in [-0.1, -0.05) is 31.4 Å². The van der Waals surface area contributed by atoms with Gasteiger partial charge in [-0.05, 0) is 39.2 Å². The van der Waals surface area contributed by atoms with Crippen molar-refractivity contribution in [1.29, 1.82) is 0 Å². The Bertz CT molecular complexity index is 403. The zero-order valence-electron chi connectivity index (χ0n) is 11.7. The van der Waals surface area contributed by atoms with Crippen LogP contribution in [0.5, 0.6) is 0 Å². The molecular weight excluding hydrogens is 246 g/mol. The Labute approximate surface area is 115 Å². The maximum atomic E-state index is 6.37. The van der Waals surface area contributed by atoms with Crippen LogP contribution in [0.1, 0.15) is 50.3 Å².